The van der Waals surface area contributed by atoms with E-state index in [-0.39, 0.29) is 13.2 Å². The lowest BCUT2D eigenvalue weighted by molar-refractivity contribution is -0.133. The normalized spacial score (nSPS) is 17.3. The van der Waals surface area contributed by atoms with Crippen LogP contribution in [-0.4, -0.2) is 36.3 Å². The Morgan fingerprint density at radius 3 is 3.00 bits per heavy atom. The summed E-state index contributed by atoms with van der Waals surface area (Å²) < 4.78 is 0. The zero-order chi connectivity index (χ0) is 9.68. The van der Waals surface area contributed by atoms with E-state index < -0.39 is 0 Å². The second-order valence-corrected chi connectivity index (χ2v) is 3.32. The van der Waals surface area contributed by atoms with E-state index in [1.54, 1.807) is 0 Å². The van der Waals surface area contributed by atoms with Crippen molar-refractivity contribution >= 4 is 11.8 Å². The number of piperidine rings is 1. The molecule has 0 unspecified atom stereocenters. The number of hydrogen-bond donors (Lipinski definition) is 1. The number of amides is 2. The molecule has 4 heteroatoms. The van der Waals surface area contributed by atoms with Gasteiger partial charge in [0.2, 0.25) is 11.8 Å². The number of likely N-dealkylation sites (tertiary alicyclic amines) is 1. The number of carbonyl (C=O) groups excluding carboxylic acids is 2. The number of nitrogens with one attached hydrogen (secondary N) is 1. The minimum atomic E-state index is -0.0375. The van der Waals surface area contributed by atoms with Crippen LogP contribution in [-0.2, 0) is 9.59 Å². The Hall–Kier alpha value is -1.06. The highest BCUT2D eigenvalue weighted by Gasteiger charge is 2.16. The van der Waals surface area contributed by atoms with E-state index in [1.165, 1.54) is 6.92 Å². The standard InChI is InChI=1S/C9H16N2O2.H2/c1-8(12)10-5-7-11-6-3-2-4-9(11)13;/h2-7H2,1H3,(H,10,12);1H. The van der Waals surface area contributed by atoms with Crippen molar-refractivity contribution in [1.82, 2.24) is 10.2 Å². The first-order valence-corrected chi connectivity index (χ1v) is 4.72. The average molecular weight is 186 g/mol. The predicted molar refractivity (Wildman–Crippen MR) is 51.2 cm³/mol. The van der Waals surface area contributed by atoms with Gasteiger partial charge in [-0.05, 0) is 12.8 Å². The molecular formula is C9H18N2O2. The maximum absolute atomic E-state index is 11.3. The molecule has 1 saturated heterocycles. The molecule has 1 rings (SSSR count). The number of rotatable bonds is 3. The maximum atomic E-state index is 11.3. The molecule has 4 nitrogen and oxygen atoms in total. The summed E-state index contributed by atoms with van der Waals surface area (Å²) >= 11 is 0. The molecule has 0 atom stereocenters. The van der Waals surface area contributed by atoms with Gasteiger partial charge in [-0.2, -0.15) is 0 Å². The molecule has 0 aromatic rings. The van der Waals surface area contributed by atoms with Crippen LogP contribution in [0, 0.1) is 0 Å². The van der Waals surface area contributed by atoms with Gasteiger partial charge in [0.05, 0.1) is 0 Å². The molecule has 1 aliphatic heterocycles. The van der Waals surface area contributed by atoms with Gasteiger partial charge in [0.25, 0.3) is 0 Å². The molecule has 2 amide bonds. The largest absolute Gasteiger partial charge is 0.355 e. The van der Waals surface area contributed by atoms with Crippen molar-refractivity contribution in [3.8, 4) is 0 Å². The van der Waals surface area contributed by atoms with Crippen molar-refractivity contribution < 1.29 is 11.0 Å². The third kappa shape index (κ3) is 3.44. The molecule has 0 aromatic heterocycles. The molecule has 76 valence electrons. The highest BCUT2D eigenvalue weighted by atomic mass is 16.2. The second kappa shape index (κ2) is 4.84. The van der Waals surface area contributed by atoms with Gasteiger partial charge in [-0.25, -0.2) is 0 Å². The van der Waals surface area contributed by atoms with E-state index in [1.807, 2.05) is 4.90 Å². The fourth-order valence-electron chi connectivity index (χ4n) is 1.47. The predicted octanol–water partition coefficient (Wildman–Crippen LogP) is 0.381. The van der Waals surface area contributed by atoms with Crippen molar-refractivity contribution in [1.29, 1.82) is 0 Å². The van der Waals surface area contributed by atoms with Gasteiger partial charge in [-0.3, -0.25) is 9.59 Å². The molecule has 0 radical (unpaired) electrons. The highest BCUT2D eigenvalue weighted by molar-refractivity contribution is 5.77. The minimum Gasteiger partial charge on any atom is -0.355 e. The van der Waals surface area contributed by atoms with Crippen molar-refractivity contribution in [3.05, 3.63) is 0 Å². The van der Waals surface area contributed by atoms with Gasteiger partial charge >= 0.3 is 0 Å². The molecule has 0 bridgehead atoms. The Kier molecular flexibility index (Phi) is 3.73. The molecule has 1 aliphatic rings. The number of hydrogen-bond acceptors (Lipinski definition) is 2. The van der Waals surface area contributed by atoms with Crippen LogP contribution in [0.1, 0.15) is 27.6 Å². The third-order valence-corrected chi connectivity index (χ3v) is 2.18. The van der Waals surface area contributed by atoms with Gasteiger partial charge in [-0.1, -0.05) is 0 Å². The fourth-order valence-corrected chi connectivity index (χ4v) is 1.47. The monoisotopic (exact) mass is 186 g/mol. The molecular weight excluding hydrogens is 168 g/mol. The topological polar surface area (TPSA) is 49.4 Å². The molecule has 1 fully saturated rings. The summed E-state index contributed by atoms with van der Waals surface area (Å²) in [5.74, 6) is 0.182. The molecule has 0 spiro atoms. The van der Waals surface area contributed by atoms with Crippen LogP contribution in [0.25, 0.3) is 0 Å². The first-order chi connectivity index (χ1) is 6.20. The van der Waals surface area contributed by atoms with Crippen molar-refractivity contribution in [2.75, 3.05) is 19.6 Å². The SMILES string of the molecule is CC(=O)NCCN1CCCCC1=O.[HH]. The highest BCUT2D eigenvalue weighted by Crippen LogP contribution is 2.09. The summed E-state index contributed by atoms with van der Waals surface area (Å²) in [6, 6.07) is 0. The third-order valence-electron chi connectivity index (χ3n) is 2.18. The van der Waals surface area contributed by atoms with E-state index in [2.05, 4.69) is 5.32 Å². The second-order valence-electron chi connectivity index (χ2n) is 3.32. The van der Waals surface area contributed by atoms with E-state index >= 15 is 0 Å². The van der Waals surface area contributed by atoms with Crippen molar-refractivity contribution in [2.24, 2.45) is 0 Å². The van der Waals surface area contributed by atoms with Crippen LogP contribution in [0.2, 0.25) is 0 Å². The van der Waals surface area contributed by atoms with Gasteiger partial charge < -0.3 is 10.2 Å². The van der Waals surface area contributed by atoms with E-state index in [0.717, 1.165) is 19.4 Å². The summed E-state index contributed by atoms with van der Waals surface area (Å²) in [6.45, 7) is 3.55. The Bertz CT molecular complexity index is 209. The lowest BCUT2D eigenvalue weighted by Crippen LogP contribution is -2.40. The summed E-state index contributed by atoms with van der Waals surface area (Å²) in [6.07, 6.45) is 2.77. The van der Waals surface area contributed by atoms with Crippen LogP contribution < -0.4 is 5.32 Å². The minimum absolute atomic E-state index is 0. The quantitative estimate of drug-likeness (QED) is 0.692. The zero-order valence-electron chi connectivity index (χ0n) is 8.01. The van der Waals surface area contributed by atoms with Gasteiger partial charge in [-0.15, -0.1) is 0 Å². The fraction of sp³-hybridized carbons (Fsp3) is 0.778. The smallest absolute Gasteiger partial charge is 0.222 e. The van der Waals surface area contributed by atoms with Crippen LogP contribution in [0.5, 0.6) is 0 Å². The van der Waals surface area contributed by atoms with Crippen LogP contribution in [0.3, 0.4) is 0 Å². The molecule has 0 aromatic carbocycles. The number of carbonyl (C=O) groups is 2. The summed E-state index contributed by atoms with van der Waals surface area (Å²) in [7, 11) is 0. The lowest BCUT2D eigenvalue weighted by atomic mass is 10.1. The first kappa shape index (κ1) is 10.0. The van der Waals surface area contributed by atoms with Crippen LogP contribution in [0.15, 0.2) is 0 Å². The Morgan fingerprint density at radius 2 is 2.38 bits per heavy atom. The average Bonchev–Trinajstić information content (AvgIpc) is 2.08. The molecule has 0 aliphatic carbocycles. The first-order valence-electron chi connectivity index (χ1n) is 4.72. The zero-order valence-corrected chi connectivity index (χ0v) is 8.01. The van der Waals surface area contributed by atoms with E-state index in [0.29, 0.717) is 19.5 Å². The van der Waals surface area contributed by atoms with Crippen molar-refractivity contribution in [2.45, 2.75) is 26.2 Å². The maximum Gasteiger partial charge on any atom is 0.222 e. The molecule has 13 heavy (non-hydrogen) atoms. The Morgan fingerprint density at radius 1 is 1.62 bits per heavy atom. The van der Waals surface area contributed by atoms with Gasteiger partial charge in [0, 0.05) is 34.4 Å². The Balaban J connectivity index is 0.00000169. The molecule has 1 heterocycles. The van der Waals surface area contributed by atoms with Gasteiger partial charge in [0.1, 0.15) is 0 Å². The number of nitrogens with zero attached hydrogens (tertiary/aromatic N) is 1. The molecule has 1 N–H and O–H groups in total. The van der Waals surface area contributed by atoms with Gasteiger partial charge in [0.15, 0.2) is 0 Å². The molecule has 0 saturated carbocycles. The lowest BCUT2D eigenvalue weighted by Gasteiger charge is -2.26. The summed E-state index contributed by atoms with van der Waals surface area (Å²) in [5.41, 5.74) is 0. The van der Waals surface area contributed by atoms with E-state index in [9.17, 15) is 9.59 Å². The van der Waals surface area contributed by atoms with E-state index in [4.69, 9.17) is 0 Å². The van der Waals surface area contributed by atoms with Crippen LogP contribution >= 0.6 is 0 Å². The Labute approximate surface area is 79.8 Å². The summed E-state index contributed by atoms with van der Waals surface area (Å²) in [5, 5.41) is 2.68. The summed E-state index contributed by atoms with van der Waals surface area (Å²) in [4.78, 5) is 23.7. The van der Waals surface area contributed by atoms with Crippen LogP contribution in [0.4, 0.5) is 0 Å². The van der Waals surface area contributed by atoms with Crippen molar-refractivity contribution in [3.63, 3.8) is 0 Å².